The van der Waals surface area contributed by atoms with Gasteiger partial charge in [-0.05, 0) is 36.8 Å². The summed E-state index contributed by atoms with van der Waals surface area (Å²) in [6.07, 6.45) is 5.34. The van der Waals surface area contributed by atoms with Crippen LogP contribution in [0.3, 0.4) is 0 Å². The monoisotopic (exact) mass is 474 g/mol. The number of fused-ring (bicyclic) bond motifs is 1. The van der Waals surface area contributed by atoms with E-state index in [1.54, 1.807) is 42.2 Å². The van der Waals surface area contributed by atoms with E-state index < -0.39 is 0 Å². The van der Waals surface area contributed by atoms with Gasteiger partial charge in [0.25, 0.3) is 5.91 Å². The predicted molar refractivity (Wildman–Crippen MR) is 136 cm³/mol. The number of nitrogen functional groups attached to an aromatic ring is 1. The first-order chi connectivity index (χ1) is 16.8. The topological polar surface area (TPSA) is 136 Å². The fraction of sp³-hybridized carbons (Fsp3) is 0.308. The molecule has 1 fully saturated rings. The highest BCUT2D eigenvalue weighted by atomic mass is 16.5. The third-order valence-electron chi connectivity index (χ3n) is 6.22. The van der Waals surface area contributed by atoms with Crippen molar-refractivity contribution in [1.82, 2.24) is 10.2 Å². The minimum absolute atomic E-state index is 0.00475. The summed E-state index contributed by atoms with van der Waals surface area (Å²) in [5.74, 6) is 0.635. The molecule has 9 nitrogen and oxygen atoms in total. The van der Waals surface area contributed by atoms with Gasteiger partial charge in [0.15, 0.2) is 0 Å². The van der Waals surface area contributed by atoms with Crippen molar-refractivity contribution in [2.45, 2.75) is 25.9 Å². The molecule has 182 valence electrons. The van der Waals surface area contributed by atoms with Gasteiger partial charge in [-0.15, -0.1) is 0 Å². The molecule has 2 aromatic carbocycles. The highest BCUT2D eigenvalue weighted by Crippen LogP contribution is 2.29. The third kappa shape index (κ3) is 5.68. The zero-order chi connectivity index (χ0) is 24.9. The molecule has 2 aliphatic heterocycles. The number of carbonyl (C=O) groups is 2. The minimum Gasteiger partial charge on any atom is -0.490 e. The van der Waals surface area contributed by atoms with E-state index in [0.717, 1.165) is 31.5 Å². The van der Waals surface area contributed by atoms with Gasteiger partial charge < -0.3 is 25.6 Å². The number of anilines is 1. The van der Waals surface area contributed by atoms with Crippen molar-refractivity contribution in [3.8, 4) is 5.75 Å². The fourth-order valence-electron chi connectivity index (χ4n) is 4.29. The van der Waals surface area contributed by atoms with Gasteiger partial charge in [-0.1, -0.05) is 30.4 Å². The maximum atomic E-state index is 12.8. The van der Waals surface area contributed by atoms with Gasteiger partial charge in [-0.2, -0.15) is 0 Å². The zero-order valence-corrected chi connectivity index (χ0v) is 19.7. The smallest absolute Gasteiger partial charge is 0.253 e. The molecule has 2 aliphatic rings. The van der Waals surface area contributed by atoms with Gasteiger partial charge in [0.2, 0.25) is 5.91 Å². The summed E-state index contributed by atoms with van der Waals surface area (Å²) >= 11 is 0. The van der Waals surface area contributed by atoms with E-state index >= 15 is 0 Å². The van der Waals surface area contributed by atoms with Gasteiger partial charge >= 0.3 is 0 Å². The molecule has 0 saturated carbocycles. The van der Waals surface area contributed by atoms with Crippen molar-refractivity contribution in [2.75, 3.05) is 31.1 Å². The molecule has 2 heterocycles. The lowest BCUT2D eigenvalue weighted by Gasteiger charge is -2.33. The van der Waals surface area contributed by atoms with Gasteiger partial charge in [-0.3, -0.25) is 20.4 Å². The molecule has 0 radical (unpaired) electrons. The summed E-state index contributed by atoms with van der Waals surface area (Å²) < 4.78 is 6.15. The lowest BCUT2D eigenvalue weighted by Crippen LogP contribution is -2.40. The zero-order valence-electron chi connectivity index (χ0n) is 19.7. The number of benzene rings is 2. The number of likely N-dealkylation sites (tertiary alicyclic amines) is 1. The van der Waals surface area contributed by atoms with Crippen molar-refractivity contribution in [3.05, 3.63) is 65.2 Å². The molecule has 2 amide bonds. The van der Waals surface area contributed by atoms with Gasteiger partial charge in [0, 0.05) is 38.0 Å². The Morgan fingerprint density at radius 1 is 1.17 bits per heavy atom. The Kier molecular flexibility index (Phi) is 7.14. The lowest BCUT2D eigenvalue weighted by molar-refractivity contribution is -0.117. The number of nitrogens with one attached hydrogen (secondary N) is 3. The SMILES string of the molecule is CC(=N)N1CCC(Oc2ccc3c(c2)C(=O)NCC(=O)N3C/C=C/c2cccc(C(=N)N)c2)CC1. The van der Waals surface area contributed by atoms with E-state index in [-0.39, 0.29) is 36.8 Å². The number of amidine groups is 2. The van der Waals surface area contributed by atoms with Crippen LogP contribution in [0.4, 0.5) is 5.69 Å². The largest absolute Gasteiger partial charge is 0.490 e. The number of nitrogens with zero attached hydrogens (tertiary/aromatic N) is 2. The minimum atomic E-state index is -0.311. The molecular formula is C26H30N6O3. The first-order valence-electron chi connectivity index (χ1n) is 11.6. The van der Waals surface area contributed by atoms with Gasteiger partial charge in [0.1, 0.15) is 17.7 Å². The summed E-state index contributed by atoms with van der Waals surface area (Å²) in [7, 11) is 0. The quantitative estimate of drug-likeness (QED) is 0.377. The molecule has 0 aliphatic carbocycles. The van der Waals surface area contributed by atoms with E-state index in [4.69, 9.17) is 21.3 Å². The number of nitrogens with two attached hydrogens (primary N) is 1. The van der Waals surface area contributed by atoms with Crippen LogP contribution in [0.15, 0.2) is 48.5 Å². The summed E-state index contributed by atoms with van der Waals surface area (Å²) in [5.41, 5.74) is 7.99. The van der Waals surface area contributed by atoms with E-state index in [1.165, 1.54) is 0 Å². The predicted octanol–water partition coefficient (Wildman–Crippen LogP) is 2.60. The Bertz CT molecular complexity index is 1180. The Labute approximate surface area is 204 Å². The van der Waals surface area contributed by atoms with Gasteiger partial charge in [-0.25, -0.2) is 0 Å². The Balaban J connectivity index is 1.49. The van der Waals surface area contributed by atoms with Crippen LogP contribution in [-0.4, -0.2) is 60.7 Å². The van der Waals surface area contributed by atoms with E-state index in [1.807, 2.05) is 29.2 Å². The van der Waals surface area contributed by atoms with Crippen LogP contribution in [0.2, 0.25) is 0 Å². The highest BCUT2D eigenvalue weighted by Gasteiger charge is 2.27. The van der Waals surface area contributed by atoms with Crippen molar-refractivity contribution >= 4 is 35.2 Å². The van der Waals surface area contributed by atoms with Crippen molar-refractivity contribution in [3.63, 3.8) is 0 Å². The number of hydrogen-bond donors (Lipinski definition) is 4. The highest BCUT2D eigenvalue weighted by molar-refractivity contribution is 6.10. The van der Waals surface area contributed by atoms with E-state index in [0.29, 0.717) is 28.4 Å². The summed E-state index contributed by atoms with van der Waals surface area (Å²) in [6.45, 7) is 3.54. The average Bonchev–Trinajstić information content (AvgIpc) is 2.96. The molecule has 0 bridgehead atoms. The third-order valence-corrected chi connectivity index (χ3v) is 6.22. The Morgan fingerprint density at radius 2 is 1.94 bits per heavy atom. The number of carbonyl (C=O) groups excluding carboxylic acids is 2. The van der Waals surface area contributed by atoms with Crippen LogP contribution in [0.1, 0.15) is 41.3 Å². The normalized spacial score (nSPS) is 16.6. The number of piperidine rings is 1. The maximum Gasteiger partial charge on any atom is 0.253 e. The molecule has 1 saturated heterocycles. The second kappa shape index (κ2) is 10.4. The van der Waals surface area contributed by atoms with Crippen LogP contribution >= 0.6 is 0 Å². The molecule has 0 atom stereocenters. The summed E-state index contributed by atoms with van der Waals surface area (Å²) in [5, 5.41) is 18.0. The second-order valence-electron chi connectivity index (χ2n) is 8.70. The summed E-state index contributed by atoms with van der Waals surface area (Å²) in [4.78, 5) is 29.1. The average molecular weight is 475 g/mol. The maximum absolute atomic E-state index is 12.8. The van der Waals surface area contributed by atoms with Crippen LogP contribution in [-0.2, 0) is 4.79 Å². The number of hydrogen-bond acceptors (Lipinski definition) is 5. The number of rotatable bonds is 6. The van der Waals surface area contributed by atoms with Crippen molar-refractivity contribution in [1.29, 1.82) is 10.8 Å². The first-order valence-corrected chi connectivity index (χ1v) is 11.6. The fourth-order valence-corrected chi connectivity index (χ4v) is 4.29. The van der Waals surface area contributed by atoms with Crippen LogP contribution in [0.5, 0.6) is 5.75 Å². The van der Waals surface area contributed by atoms with Crippen molar-refractivity contribution in [2.24, 2.45) is 5.73 Å². The van der Waals surface area contributed by atoms with Gasteiger partial charge in [0.05, 0.1) is 23.6 Å². The molecular weight excluding hydrogens is 444 g/mol. The molecule has 4 rings (SSSR count). The molecule has 0 unspecified atom stereocenters. The van der Waals surface area contributed by atoms with E-state index in [9.17, 15) is 9.59 Å². The molecule has 5 N–H and O–H groups in total. The van der Waals surface area contributed by atoms with E-state index in [2.05, 4.69) is 5.32 Å². The molecule has 35 heavy (non-hydrogen) atoms. The first kappa shape index (κ1) is 24.0. The summed E-state index contributed by atoms with van der Waals surface area (Å²) in [6, 6.07) is 12.5. The van der Waals surface area contributed by atoms with Crippen LogP contribution in [0, 0.1) is 10.8 Å². The Hall–Kier alpha value is -4.14. The number of amides is 2. The molecule has 0 aromatic heterocycles. The standard InChI is InChI=1S/C26H30N6O3/c1-17(27)31-12-9-20(10-13-31)35-21-7-8-23-22(15-21)26(34)30-16-24(33)32(23)11-3-5-18-4-2-6-19(14-18)25(28)29/h2-8,14-15,20,27H,9-13,16H2,1H3,(H3,28,29)(H,30,34)/b5-3+,27-17?. The second-order valence-corrected chi connectivity index (χ2v) is 8.70. The molecule has 9 heteroatoms. The van der Waals surface area contributed by atoms with Crippen molar-refractivity contribution < 1.29 is 14.3 Å². The number of ether oxygens (including phenoxy) is 1. The molecule has 0 spiro atoms. The molecule has 2 aromatic rings. The van der Waals surface area contributed by atoms with Crippen LogP contribution < -0.4 is 20.7 Å². The van der Waals surface area contributed by atoms with Crippen LogP contribution in [0.25, 0.3) is 6.08 Å². The lowest BCUT2D eigenvalue weighted by atomic mass is 10.1. The Morgan fingerprint density at radius 3 is 2.66 bits per heavy atom.